The zero-order valence-corrected chi connectivity index (χ0v) is 18.7. The molecule has 168 valence electrons. The maximum atomic E-state index is 13.9. The SMILES string of the molecule is CC1CCN(C(CNC(=O)C(NC(=O)c2c(F)cccc2F)C(C)C)C(C)C)CC1. The first-order valence-corrected chi connectivity index (χ1v) is 10.9. The first-order valence-electron chi connectivity index (χ1n) is 10.9. The second-order valence-electron chi connectivity index (χ2n) is 9.07. The van der Waals surface area contributed by atoms with Crippen LogP contribution in [0.5, 0.6) is 0 Å². The van der Waals surface area contributed by atoms with Crippen molar-refractivity contribution in [2.75, 3.05) is 19.6 Å². The number of hydrogen-bond acceptors (Lipinski definition) is 3. The first kappa shape index (κ1) is 24.3. The molecule has 1 fully saturated rings. The van der Waals surface area contributed by atoms with Crippen molar-refractivity contribution in [3.8, 4) is 0 Å². The fourth-order valence-electron chi connectivity index (χ4n) is 3.92. The lowest BCUT2D eigenvalue weighted by Crippen LogP contribution is -2.54. The number of carbonyl (C=O) groups excluding carboxylic acids is 2. The molecule has 2 unspecified atom stereocenters. The molecule has 1 aliphatic heterocycles. The third-order valence-corrected chi connectivity index (χ3v) is 5.97. The predicted molar refractivity (Wildman–Crippen MR) is 114 cm³/mol. The topological polar surface area (TPSA) is 61.4 Å². The number of halogens is 2. The molecule has 0 spiro atoms. The molecule has 5 nitrogen and oxygen atoms in total. The predicted octanol–water partition coefficient (Wildman–Crippen LogP) is 3.59. The van der Waals surface area contributed by atoms with Gasteiger partial charge in [0, 0.05) is 12.6 Å². The number of benzene rings is 1. The molecule has 0 bridgehead atoms. The molecule has 30 heavy (non-hydrogen) atoms. The van der Waals surface area contributed by atoms with Gasteiger partial charge >= 0.3 is 0 Å². The molecule has 1 saturated heterocycles. The van der Waals surface area contributed by atoms with Gasteiger partial charge in [-0.1, -0.05) is 40.7 Å². The van der Waals surface area contributed by atoms with Crippen molar-refractivity contribution in [1.29, 1.82) is 0 Å². The summed E-state index contributed by atoms with van der Waals surface area (Å²) in [5, 5.41) is 5.47. The average Bonchev–Trinajstić information content (AvgIpc) is 2.66. The van der Waals surface area contributed by atoms with Gasteiger partial charge in [-0.15, -0.1) is 0 Å². The van der Waals surface area contributed by atoms with Crippen molar-refractivity contribution in [3.05, 3.63) is 35.4 Å². The van der Waals surface area contributed by atoms with Gasteiger partial charge in [-0.25, -0.2) is 8.78 Å². The Hall–Kier alpha value is -2.02. The summed E-state index contributed by atoms with van der Waals surface area (Å²) < 4.78 is 27.8. The fraction of sp³-hybridized carbons (Fsp3) is 0.652. The molecular formula is C23H35F2N3O2. The van der Waals surface area contributed by atoms with Crippen LogP contribution in [-0.4, -0.2) is 48.4 Å². The molecule has 1 aliphatic rings. The van der Waals surface area contributed by atoms with Crippen LogP contribution < -0.4 is 10.6 Å². The molecule has 7 heteroatoms. The van der Waals surface area contributed by atoms with E-state index in [0.717, 1.165) is 44.0 Å². The third-order valence-electron chi connectivity index (χ3n) is 5.97. The Morgan fingerprint density at radius 3 is 2.13 bits per heavy atom. The highest BCUT2D eigenvalue weighted by Crippen LogP contribution is 2.21. The van der Waals surface area contributed by atoms with E-state index >= 15 is 0 Å². The van der Waals surface area contributed by atoms with E-state index in [0.29, 0.717) is 12.5 Å². The molecule has 0 aromatic heterocycles. The highest BCUT2D eigenvalue weighted by Gasteiger charge is 2.30. The van der Waals surface area contributed by atoms with Crippen LogP contribution in [0.25, 0.3) is 0 Å². The molecule has 0 saturated carbocycles. The van der Waals surface area contributed by atoms with E-state index in [9.17, 15) is 18.4 Å². The number of amides is 2. The summed E-state index contributed by atoms with van der Waals surface area (Å²) in [7, 11) is 0. The maximum absolute atomic E-state index is 13.9. The largest absolute Gasteiger partial charge is 0.353 e. The summed E-state index contributed by atoms with van der Waals surface area (Å²) in [4.78, 5) is 27.7. The third kappa shape index (κ3) is 6.24. The molecule has 2 atom stereocenters. The lowest BCUT2D eigenvalue weighted by Gasteiger charge is -2.39. The van der Waals surface area contributed by atoms with E-state index in [1.54, 1.807) is 13.8 Å². The second-order valence-corrected chi connectivity index (χ2v) is 9.07. The quantitative estimate of drug-likeness (QED) is 0.672. The van der Waals surface area contributed by atoms with Gasteiger partial charge in [0.1, 0.15) is 23.2 Å². The fourth-order valence-corrected chi connectivity index (χ4v) is 3.92. The Morgan fingerprint density at radius 2 is 1.63 bits per heavy atom. The van der Waals surface area contributed by atoms with Gasteiger partial charge in [-0.05, 0) is 55.8 Å². The zero-order chi connectivity index (χ0) is 22.4. The van der Waals surface area contributed by atoms with Crippen LogP contribution in [0.3, 0.4) is 0 Å². The molecular weight excluding hydrogens is 388 g/mol. The Labute approximate surface area is 178 Å². The van der Waals surface area contributed by atoms with Crippen molar-refractivity contribution in [2.24, 2.45) is 17.8 Å². The van der Waals surface area contributed by atoms with Crippen molar-refractivity contribution < 1.29 is 18.4 Å². The number of nitrogens with zero attached hydrogens (tertiary/aromatic N) is 1. The lowest BCUT2D eigenvalue weighted by molar-refractivity contribution is -0.124. The summed E-state index contributed by atoms with van der Waals surface area (Å²) >= 11 is 0. The zero-order valence-electron chi connectivity index (χ0n) is 18.7. The summed E-state index contributed by atoms with van der Waals surface area (Å²) in [5.41, 5.74) is -0.668. The average molecular weight is 424 g/mol. The maximum Gasteiger partial charge on any atom is 0.257 e. The number of rotatable bonds is 8. The minimum Gasteiger partial charge on any atom is -0.353 e. The van der Waals surface area contributed by atoms with Gasteiger partial charge < -0.3 is 10.6 Å². The highest BCUT2D eigenvalue weighted by molar-refractivity contribution is 5.98. The molecule has 1 heterocycles. The van der Waals surface area contributed by atoms with Crippen LogP contribution in [0.1, 0.15) is 57.8 Å². The first-order chi connectivity index (χ1) is 14.1. The van der Waals surface area contributed by atoms with Gasteiger partial charge in [-0.2, -0.15) is 0 Å². The molecule has 0 radical (unpaired) electrons. The van der Waals surface area contributed by atoms with E-state index in [1.165, 1.54) is 6.07 Å². The number of carbonyl (C=O) groups is 2. The number of hydrogen-bond donors (Lipinski definition) is 2. The van der Waals surface area contributed by atoms with E-state index in [4.69, 9.17) is 0 Å². The van der Waals surface area contributed by atoms with Crippen LogP contribution in [-0.2, 0) is 4.79 Å². The van der Waals surface area contributed by atoms with E-state index in [-0.39, 0.29) is 17.9 Å². The number of piperidine rings is 1. The van der Waals surface area contributed by atoms with Crippen molar-refractivity contribution in [3.63, 3.8) is 0 Å². The van der Waals surface area contributed by atoms with Gasteiger partial charge in [0.05, 0.1) is 0 Å². The van der Waals surface area contributed by atoms with Gasteiger partial charge in [0.15, 0.2) is 0 Å². The van der Waals surface area contributed by atoms with Gasteiger partial charge in [0.25, 0.3) is 5.91 Å². The second kappa shape index (κ2) is 10.8. The monoisotopic (exact) mass is 423 g/mol. The van der Waals surface area contributed by atoms with Crippen molar-refractivity contribution >= 4 is 11.8 Å². The minimum atomic E-state index is -0.949. The molecule has 1 aromatic rings. The summed E-state index contributed by atoms with van der Waals surface area (Å²) in [6, 6.07) is 2.56. The van der Waals surface area contributed by atoms with E-state index < -0.39 is 29.1 Å². The molecule has 2 rings (SSSR count). The van der Waals surface area contributed by atoms with E-state index in [2.05, 4.69) is 36.3 Å². The molecule has 0 aliphatic carbocycles. The van der Waals surface area contributed by atoms with Crippen LogP contribution in [0.2, 0.25) is 0 Å². The van der Waals surface area contributed by atoms with Crippen LogP contribution in [0.15, 0.2) is 18.2 Å². The van der Waals surface area contributed by atoms with Crippen LogP contribution >= 0.6 is 0 Å². The van der Waals surface area contributed by atoms with Crippen LogP contribution in [0, 0.1) is 29.4 Å². The normalized spacial score (nSPS) is 17.8. The minimum absolute atomic E-state index is 0.203. The summed E-state index contributed by atoms with van der Waals surface area (Å²) in [6.45, 7) is 12.6. The smallest absolute Gasteiger partial charge is 0.257 e. The molecule has 1 aromatic carbocycles. The standard InChI is InChI=1S/C23H35F2N3O2/c1-14(2)19(28-11-9-16(5)10-12-28)13-26-23(30)21(15(3)4)27-22(29)20-17(24)7-6-8-18(20)25/h6-8,14-16,19,21H,9-13H2,1-5H3,(H,26,30)(H,27,29). The number of likely N-dealkylation sites (tertiary alicyclic amines) is 1. The van der Waals surface area contributed by atoms with Crippen molar-refractivity contribution in [1.82, 2.24) is 15.5 Å². The van der Waals surface area contributed by atoms with Crippen LogP contribution in [0.4, 0.5) is 8.78 Å². The summed E-state index contributed by atoms with van der Waals surface area (Å²) in [5.74, 6) is -2.32. The van der Waals surface area contributed by atoms with Gasteiger partial charge in [0.2, 0.25) is 5.91 Å². The Balaban J connectivity index is 2.03. The van der Waals surface area contributed by atoms with Crippen molar-refractivity contribution in [2.45, 2.75) is 59.5 Å². The Bertz CT molecular complexity index is 711. The summed E-state index contributed by atoms with van der Waals surface area (Å²) in [6.07, 6.45) is 2.30. The lowest BCUT2D eigenvalue weighted by atomic mass is 9.94. The molecule has 2 N–H and O–H groups in total. The highest BCUT2D eigenvalue weighted by atomic mass is 19.1. The Kier molecular flexibility index (Phi) is 8.77. The molecule has 2 amide bonds. The Morgan fingerprint density at radius 1 is 1.07 bits per heavy atom. The van der Waals surface area contributed by atoms with E-state index in [1.807, 2.05) is 0 Å². The van der Waals surface area contributed by atoms with Gasteiger partial charge in [-0.3, -0.25) is 14.5 Å². The number of nitrogens with one attached hydrogen (secondary N) is 2.